The molecule has 2 N–H and O–H groups in total. The van der Waals surface area contributed by atoms with Crippen LogP contribution in [0.2, 0.25) is 0 Å². The number of methoxy groups -OCH3 is 2. The van der Waals surface area contributed by atoms with Gasteiger partial charge in [0.1, 0.15) is 10.8 Å². The summed E-state index contributed by atoms with van der Waals surface area (Å²) < 4.78 is 10.3. The maximum atomic E-state index is 13.2. The van der Waals surface area contributed by atoms with Crippen molar-refractivity contribution in [1.82, 2.24) is 10.2 Å². The highest BCUT2D eigenvalue weighted by Crippen LogP contribution is 2.38. The number of carbonyl (C=O) groups excluding carboxylic acids is 3. The van der Waals surface area contributed by atoms with E-state index in [0.717, 1.165) is 21.2 Å². The molecule has 0 saturated carbocycles. The van der Waals surface area contributed by atoms with Crippen LogP contribution < -0.4 is 15.4 Å². The Morgan fingerprint density at radius 2 is 1.78 bits per heavy atom. The van der Waals surface area contributed by atoms with Gasteiger partial charge < -0.3 is 25.0 Å². The van der Waals surface area contributed by atoms with Gasteiger partial charge in [0, 0.05) is 18.5 Å². The molecule has 0 atom stereocenters. The van der Waals surface area contributed by atoms with Crippen LogP contribution in [-0.2, 0) is 17.7 Å². The molecule has 1 aromatic heterocycles. The summed E-state index contributed by atoms with van der Waals surface area (Å²) >= 11 is 1.29. The largest absolute Gasteiger partial charge is 0.496 e. The zero-order chi connectivity index (χ0) is 22.8. The molecule has 1 aliphatic rings. The first-order valence-electron chi connectivity index (χ1n) is 10.0. The van der Waals surface area contributed by atoms with Crippen LogP contribution in [0.5, 0.6) is 5.75 Å². The summed E-state index contributed by atoms with van der Waals surface area (Å²) in [5.74, 6) is -0.211. The van der Waals surface area contributed by atoms with E-state index < -0.39 is 6.09 Å². The first kappa shape index (κ1) is 21.6. The number of rotatable bonds is 4. The average molecular weight is 454 g/mol. The first-order chi connectivity index (χ1) is 15.5. The maximum absolute atomic E-state index is 13.2. The van der Waals surface area contributed by atoms with E-state index in [4.69, 9.17) is 9.47 Å². The predicted octanol–water partition coefficient (Wildman–Crippen LogP) is 3.65. The quantitative estimate of drug-likeness (QED) is 0.629. The van der Waals surface area contributed by atoms with Crippen LogP contribution in [0.15, 0.2) is 36.4 Å². The van der Waals surface area contributed by atoms with Crippen molar-refractivity contribution in [2.45, 2.75) is 13.0 Å². The molecule has 0 unspecified atom stereocenters. The van der Waals surface area contributed by atoms with Gasteiger partial charge in [-0.2, -0.15) is 0 Å². The Hall–Kier alpha value is -3.59. The van der Waals surface area contributed by atoms with Crippen LogP contribution in [0.1, 0.15) is 31.2 Å². The number of ether oxygens (including phenoxy) is 2. The standard InChI is InChI=1S/C23H23N3O5S/c1-24-21(28)19-15-8-9-26(23(29)31-3)12-18(15)32-22(19)25-20(27)16-10-13-6-4-5-7-14(13)11-17(16)30-2/h4-7,10-11H,8-9,12H2,1-3H3,(H,24,28)(H,25,27). The second-order valence-electron chi connectivity index (χ2n) is 7.28. The number of hydrogen-bond donors (Lipinski definition) is 2. The van der Waals surface area contributed by atoms with Crippen molar-refractivity contribution < 1.29 is 23.9 Å². The summed E-state index contributed by atoms with van der Waals surface area (Å²) in [7, 11) is 4.40. The van der Waals surface area contributed by atoms with Gasteiger partial charge in [-0.1, -0.05) is 24.3 Å². The molecule has 2 heterocycles. The lowest BCUT2D eigenvalue weighted by atomic mass is 10.0. The normalized spacial score (nSPS) is 12.8. The third kappa shape index (κ3) is 3.87. The van der Waals surface area contributed by atoms with Crippen molar-refractivity contribution >= 4 is 45.0 Å². The zero-order valence-corrected chi connectivity index (χ0v) is 18.8. The molecule has 0 bridgehead atoms. The van der Waals surface area contributed by atoms with Crippen molar-refractivity contribution in [2.75, 3.05) is 33.1 Å². The van der Waals surface area contributed by atoms with E-state index in [-0.39, 0.29) is 11.8 Å². The third-order valence-electron chi connectivity index (χ3n) is 5.48. The molecule has 166 valence electrons. The predicted molar refractivity (Wildman–Crippen MR) is 123 cm³/mol. The Bertz CT molecular complexity index is 1220. The number of nitrogens with zero attached hydrogens (tertiary/aromatic N) is 1. The number of carbonyl (C=O) groups is 3. The molecule has 9 heteroatoms. The van der Waals surface area contributed by atoms with Crippen LogP contribution in [0, 0.1) is 0 Å². The summed E-state index contributed by atoms with van der Waals surface area (Å²) in [6.07, 6.45) is 0.0794. The van der Waals surface area contributed by atoms with E-state index in [2.05, 4.69) is 10.6 Å². The minimum absolute atomic E-state index is 0.283. The van der Waals surface area contributed by atoms with Gasteiger partial charge in [0.15, 0.2) is 0 Å². The highest BCUT2D eigenvalue weighted by Gasteiger charge is 2.30. The van der Waals surface area contributed by atoms with Crippen LogP contribution in [0.25, 0.3) is 10.8 Å². The second kappa shape index (κ2) is 8.88. The molecule has 3 amide bonds. The number of fused-ring (bicyclic) bond motifs is 2. The summed E-state index contributed by atoms with van der Waals surface area (Å²) in [5.41, 5.74) is 1.65. The van der Waals surface area contributed by atoms with E-state index in [1.54, 1.807) is 18.0 Å². The molecule has 32 heavy (non-hydrogen) atoms. The molecular formula is C23H23N3O5S. The van der Waals surface area contributed by atoms with Crippen molar-refractivity contribution in [1.29, 1.82) is 0 Å². The van der Waals surface area contributed by atoms with Crippen molar-refractivity contribution in [3.05, 3.63) is 58.0 Å². The molecule has 0 aliphatic carbocycles. The lowest BCUT2D eigenvalue weighted by Crippen LogP contribution is -2.35. The van der Waals surface area contributed by atoms with Crippen molar-refractivity contribution in [3.8, 4) is 5.75 Å². The first-order valence-corrected chi connectivity index (χ1v) is 10.9. The molecule has 3 aromatic rings. The SMILES string of the molecule is CNC(=O)c1c(NC(=O)c2cc3ccccc3cc2OC)sc2c1CCN(C(=O)OC)C2. The third-order valence-corrected chi connectivity index (χ3v) is 6.62. The monoisotopic (exact) mass is 453 g/mol. The number of amides is 3. The fourth-order valence-corrected chi connectivity index (χ4v) is 5.13. The smallest absolute Gasteiger partial charge is 0.409 e. The Kier molecular flexibility index (Phi) is 6.00. The summed E-state index contributed by atoms with van der Waals surface area (Å²) in [4.78, 5) is 40.3. The average Bonchev–Trinajstić information content (AvgIpc) is 3.18. The fraction of sp³-hybridized carbons (Fsp3) is 0.261. The van der Waals surface area contributed by atoms with E-state index >= 15 is 0 Å². The van der Waals surface area contributed by atoms with Crippen LogP contribution in [-0.4, -0.2) is 50.6 Å². The van der Waals surface area contributed by atoms with E-state index in [1.807, 2.05) is 30.3 Å². The van der Waals surface area contributed by atoms with Crippen LogP contribution in [0.3, 0.4) is 0 Å². The number of hydrogen-bond acceptors (Lipinski definition) is 6. The van der Waals surface area contributed by atoms with Gasteiger partial charge in [0.2, 0.25) is 0 Å². The summed E-state index contributed by atoms with van der Waals surface area (Å²) in [6.45, 7) is 0.762. The Balaban J connectivity index is 1.71. The van der Waals surface area contributed by atoms with Crippen molar-refractivity contribution in [2.24, 2.45) is 0 Å². The Morgan fingerprint density at radius 1 is 1.06 bits per heavy atom. The van der Waals surface area contributed by atoms with Crippen LogP contribution in [0.4, 0.5) is 9.80 Å². The Labute approximate surface area is 189 Å². The van der Waals surface area contributed by atoms with Crippen LogP contribution >= 0.6 is 11.3 Å². The van der Waals surface area contributed by atoms with E-state index in [1.165, 1.54) is 25.6 Å². The highest BCUT2D eigenvalue weighted by atomic mass is 32.1. The molecular weight excluding hydrogens is 430 g/mol. The van der Waals surface area contributed by atoms with Gasteiger partial charge in [-0.15, -0.1) is 11.3 Å². The van der Waals surface area contributed by atoms with Gasteiger partial charge in [0.25, 0.3) is 11.8 Å². The van der Waals surface area contributed by atoms with Gasteiger partial charge in [-0.05, 0) is 34.9 Å². The van der Waals surface area contributed by atoms with Gasteiger partial charge >= 0.3 is 6.09 Å². The lowest BCUT2D eigenvalue weighted by molar-refractivity contribution is 0.0962. The molecule has 8 nitrogen and oxygen atoms in total. The molecule has 2 aromatic carbocycles. The molecule has 0 radical (unpaired) electrons. The number of anilines is 1. The number of thiophene rings is 1. The molecule has 4 rings (SSSR count). The second-order valence-corrected chi connectivity index (χ2v) is 8.39. The minimum atomic E-state index is -0.419. The maximum Gasteiger partial charge on any atom is 0.409 e. The molecule has 0 spiro atoms. The summed E-state index contributed by atoms with van der Waals surface area (Å²) in [5, 5.41) is 7.86. The van der Waals surface area contributed by atoms with Gasteiger partial charge in [-0.25, -0.2) is 4.79 Å². The van der Waals surface area contributed by atoms with E-state index in [0.29, 0.717) is 41.4 Å². The Morgan fingerprint density at radius 3 is 2.44 bits per heavy atom. The van der Waals surface area contributed by atoms with Gasteiger partial charge in [-0.3, -0.25) is 9.59 Å². The number of nitrogens with one attached hydrogen (secondary N) is 2. The van der Waals surface area contributed by atoms with Gasteiger partial charge in [0.05, 0.1) is 31.9 Å². The zero-order valence-electron chi connectivity index (χ0n) is 18.0. The number of benzene rings is 2. The minimum Gasteiger partial charge on any atom is -0.496 e. The molecule has 1 aliphatic heterocycles. The van der Waals surface area contributed by atoms with Crippen molar-refractivity contribution in [3.63, 3.8) is 0 Å². The highest BCUT2D eigenvalue weighted by molar-refractivity contribution is 7.17. The molecule has 0 fully saturated rings. The topological polar surface area (TPSA) is 97.0 Å². The van der Waals surface area contributed by atoms with E-state index in [9.17, 15) is 14.4 Å². The fourth-order valence-electron chi connectivity index (χ4n) is 3.88. The lowest BCUT2D eigenvalue weighted by Gasteiger charge is -2.25. The molecule has 0 saturated heterocycles. The summed E-state index contributed by atoms with van der Waals surface area (Å²) in [6, 6.07) is 11.3.